The fourth-order valence-electron chi connectivity index (χ4n) is 5.46. The van der Waals surface area contributed by atoms with Crippen molar-refractivity contribution in [1.29, 1.82) is 0 Å². The van der Waals surface area contributed by atoms with Crippen LogP contribution in [0.15, 0.2) is 24.3 Å². The average Bonchev–Trinajstić information content (AvgIpc) is 2.85. The van der Waals surface area contributed by atoms with E-state index in [1.54, 1.807) is 6.92 Å². The van der Waals surface area contributed by atoms with Crippen LogP contribution in [0.2, 0.25) is 0 Å². The molecule has 3 aliphatic rings. The number of phenolic OH excluding ortho intramolecular Hbond substituents is 2. The predicted octanol–water partition coefficient (Wildman–Crippen LogP) is 1.49. The van der Waals surface area contributed by atoms with Crippen molar-refractivity contribution in [2.24, 2.45) is 5.73 Å². The SMILES string of the molecule is CC(=O)[C@@]1(O)C[C@H](O[C@H]2C[C@H](N)[C@@H](O)[C@H](C)O2)c2c(O)c3c(c(O)c2[C@@H]1F)C(=O)c1ccccc1C3=O. The summed E-state index contributed by atoms with van der Waals surface area (Å²) in [4.78, 5) is 39.0. The number of hydrogen-bond acceptors (Lipinski definition) is 10. The Balaban J connectivity index is 1.70. The van der Waals surface area contributed by atoms with Gasteiger partial charge in [0.15, 0.2) is 35.4 Å². The van der Waals surface area contributed by atoms with Crippen molar-refractivity contribution in [3.05, 3.63) is 57.6 Å². The molecule has 10 nitrogen and oxygen atoms in total. The number of nitrogens with two attached hydrogens (primary N) is 1. The number of carbonyl (C=O) groups excluding carboxylic acids is 3. The first-order chi connectivity index (χ1) is 17.4. The molecular formula is C26H26FNO9. The van der Waals surface area contributed by atoms with Gasteiger partial charge in [-0.05, 0) is 13.8 Å². The smallest absolute Gasteiger partial charge is 0.198 e. The van der Waals surface area contributed by atoms with E-state index in [0.29, 0.717) is 0 Å². The molecule has 1 fully saturated rings. The van der Waals surface area contributed by atoms with Gasteiger partial charge in [-0.1, -0.05) is 24.3 Å². The molecule has 1 aliphatic heterocycles. The first kappa shape index (κ1) is 25.4. The molecule has 0 saturated carbocycles. The molecule has 5 rings (SSSR count). The van der Waals surface area contributed by atoms with Crippen molar-refractivity contribution in [3.8, 4) is 11.5 Å². The fourth-order valence-corrected chi connectivity index (χ4v) is 5.46. The van der Waals surface area contributed by atoms with Crippen LogP contribution in [0.25, 0.3) is 0 Å². The number of aliphatic hydroxyl groups is 2. The maximum atomic E-state index is 15.9. The van der Waals surface area contributed by atoms with Crippen LogP contribution < -0.4 is 5.73 Å². The molecule has 0 bridgehead atoms. The van der Waals surface area contributed by atoms with Gasteiger partial charge in [-0.25, -0.2) is 4.39 Å². The summed E-state index contributed by atoms with van der Waals surface area (Å²) in [7, 11) is 0. The Kier molecular flexibility index (Phi) is 5.96. The van der Waals surface area contributed by atoms with Crippen molar-refractivity contribution < 1.29 is 48.7 Å². The van der Waals surface area contributed by atoms with Crippen molar-refractivity contribution in [3.63, 3.8) is 0 Å². The first-order valence-electron chi connectivity index (χ1n) is 11.8. The minimum absolute atomic E-state index is 0.00985. The number of ketones is 3. The molecule has 0 radical (unpaired) electrons. The number of alkyl halides is 1. The monoisotopic (exact) mass is 515 g/mol. The van der Waals surface area contributed by atoms with E-state index in [1.165, 1.54) is 24.3 Å². The highest BCUT2D eigenvalue weighted by Crippen LogP contribution is 2.56. The number of halogens is 1. The average molecular weight is 515 g/mol. The van der Waals surface area contributed by atoms with E-state index in [2.05, 4.69) is 0 Å². The van der Waals surface area contributed by atoms with Crippen LogP contribution in [0.3, 0.4) is 0 Å². The van der Waals surface area contributed by atoms with Gasteiger partial charge in [0.1, 0.15) is 11.5 Å². The summed E-state index contributed by atoms with van der Waals surface area (Å²) in [6.45, 7) is 2.51. The summed E-state index contributed by atoms with van der Waals surface area (Å²) in [6, 6.07) is 5.03. The highest BCUT2D eigenvalue weighted by Gasteiger charge is 2.55. The zero-order valence-electron chi connectivity index (χ0n) is 20.0. The van der Waals surface area contributed by atoms with Gasteiger partial charge >= 0.3 is 0 Å². The number of hydrogen-bond donors (Lipinski definition) is 5. The largest absolute Gasteiger partial charge is 0.507 e. The Hall–Kier alpha value is -3.22. The van der Waals surface area contributed by atoms with Gasteiger partial charge in [-0.3, -0.25) is 14.4 Å². The van der Waals surface area contributed by atoms with Crippen LogP contribution in [0, 0.1) is 0 Å². The Bertz CT molecular complexity index is 1330. The molecule has 1 heterocycles. The topological polar surface area (TPSA) is 177 Å². The van der Waals surface area contributed by atoms with E-state index in [0.717, 1.165) is 6.92 Å². The first-order valence-corrected chi connectivity index (χ1v) is 11.8. The Morgan fingerprint density at radius 3 is 2.16 bits per heavy atom. The van der Waals surface area contributed by atoms with Crippen molar-refractivity contribution in [2.45, 2.75) is 69.1 Å². The second-order valence-electron chi connectivity index (χ2n) is 9.81. The molecule has 2 aromatic rings. The van der Waals surface area contributed by atoms with Crippen LogP contribution in [-0.4, -0.2) is 67.9 Å². The summed E-state index contributed by atoms with van der Waals surface area (Å²) in [6.07, 6.45) is -7.55. The summed E-state index contributed by atoms with van der Waals surface area (Å²) in [5.41, 5.74) is 0.961. The van der Waals surface area contributed by atoms with E-state index < -0.39 is 94.4 Å². The molecule has 37 heavy (non-hydrogen) atoms. The molecule has 1 saturated heterocycles. The van der Waals surface area contributed by atoms with Crippen LogP contribution >= 0.6 is 0 Å². The molecule has 0 unspecified atom stereocenters. The number of carbonyl (C=O) groups is 3. The van der Waals surface area contributed by atoms with Gasteiger partial charge in [0, 0.05) is 41.1 Å². The highest BCUT2D eigenvalue weighted by atomic mass is 19.1. The number of phenols is 2. The highest BCUT2D eigenvalue weighted by molar-refractivity contribution is 6.30. The van der Waals surface area contributed by atoms with E-state index >= 15 is 4.39 Å². The minimum Gasteiger partial charge on any atom is -0.507 e. The fraction of sp³-hybridized carbons (Fsp3) is 0.423. The maximum absolute atomic E-state index is 15.9. The Morgan fingerprint density at radius 2 is 1.65 bits per heavy atom. The number of fused-ring (bicyclic) bond motifs is 3. The van der Waals surface area contributed by atoms with Gasteiger partial charge < -0.3 is 35.6 Å². The van der Waals surface area contributed by atoms with Gasteiger partial charge in [0.25, 0.3) is 0 Å². The third-order valence-electron chi connectivity index (χ3n) is 7.56. The minimum atomic E-state index is -2.68. The number of aliphatic hydroxyl groups excluding tert-OH is 1. The zero-order chi connectivity index (χ0) is 27.0. The molecule has 6 N–H and O–H groups in total. The number of aromatic hydroxyl groups is 2. The lowest BCUT2D eigenvalue weighted by atomic mass is 9.71. The normalized spacial score (nSPS) is 32.9. The van der Waals surface area contributed by atoms with Gasteiger partial charge in [0.2, 0.25) is 0 Å². The molecule has 2 aliphatic carbocycles. The van der Waals surface area contributed by atoms with Crippen molar-refractivity contribution in [2.75, 3.05) is 0 Å². The molecule has 196 valence electrons. The predicted molar refractivity (Wildman–Crippen MR) is 124 cm³/mol. The van der Waals surface area contributed by atoms with Crippen LogP contribution in [0.5, 0.6) is 11.5 Å². The molecular weight excluding hydrogens is 489 g/mol. The third kappa shape index (κ3) is 3.61. The molecule has 0 amide bonds. The van der Waals surface area contributed by atoms with Crippen LogP contribution in [0.1, 0.15) is 81.9 Å². The van der Waals surface area contributed by atoms with Gasteiger partial charge in [-0.2, -0.15) is 0 Å². The Morgan fingerprint density at radius 1 is 1.11 bits per heavy atom. The molecule has 7 atom stereocenters. The van der Waals surface area contributed by atoms with E-state index in [-0.39, 0.29) is 23.1 Å². The summed E-state index contributed by atoms with van der Waals surface area (Å²) in [5.74, 6) is -4.35. The second-order valence-corrected chi connectivity index (χ2v) is 9.81. The van der Waals surface area contributed by atoms with Crippen molar-refractivity contribution in [1.82, 2.24) is 0 Å². The molecule has 2 aromatic carbocycles. The number of ether oxygens (including phenoxy) is 2. The van der Waals surface area contributed by atoms with E-state index in [9.17, 15) is 34.8 Å². The van der Waals surface area contributed by atoms with Crippen LogP contribution in [-0.2, 0) is 14.3 Å². The molecule has 0 spiro atoms. The zero-order valence-corrected chi connectivity index (χ0v) is 20.0. The molecule has 11 heteroatoms. The lowest BCUT2D eigenvalue weighted by Crippen LogP contribution is -2.53. The lowest BCUT2D eigenvalue weighted by Gasteiger charge is -2.43. The van der Waals surface area contributed by atoms with Crippen LogP contribution in [0.4, 0.5) is 4.39 Å². The molecule has 0 aromatic heterocycles. The van der Waals surface area contributed by atoms with E-state index in [1.807, 2.05) is 0 Å². The second kappa shape index (κ2) is 8.67. The lowest BCUT2D eigenvalue weighted by molar-refractivity contribution is -0.249. The van der Waals surface area contributed by atoms with Gasteiger partial charge in [0.05, 0.1) is 29.4 Å². The number of Topliss-reactive ketones (excluding diaryl/α,β-unsaturated/α-hetero) is 1. The number of benzene rings is 2. The number of rotatable bonds is 3. The standard InChI is InChI=1S/C26H26FNO9/c1-9-20(30)13(28)7-15(36-9)37-14-8-26(35,10(2)29)25(27)19-16(14)23(33)17-18(24(19)34)22(32)12-6-4-3-5-11(12)21(17)31/h3-6,9,13-15,20,25,30,33-35H,7-8,28H2,1-2H3/t9-,13-,14-,15-,20-,25-,26-/m0/s1. The van der Waals surface area contributed by atoms with Crippen molar-refractivity contribution >= 4 is 17.3 Å². The third-order valence-corrected chi connectivity index (χ3v) is 7.56. The summed E-state index contributed by atoms with van der Waals surface area (Å²) >= 11 is 0. The maximum Gasteiger partial charge on any atom is 0.198 e. The quantitative estimate of drug-likeness (QED) is 0.321. The summed E-state index contributed by atoms with van der Waals surface area (Å²) in [5, 5.41) is 43.6. The van der Waals surface area contributed by atoms with E-state index in [4.69, 9.17) is 15.2 Å². The van der Waals surface area contributed by atoms with Gasteiger partial charge in [-0.15, -0.1) is 0 Å². The summed E-state index contributed by atoms with van der Waals surface area (Å²) < 4.78 is 27.4. The Labute approximate surface area is 210 Å².